The summed E-state index contributed by atoms with van der Waals surface area (Å²) >= 11 is 1.63. The van der Waals surface area contributed by atoms with E-state index in [1.165, 1.54) is 0 Å². The molecule has 0 fully saturated rings. The molecule has 4 nitrogen and oxygen atoms in total. The number of ether oxygens (including phenoxy) is 2. The van der Waals surface area contributed by atoms with Gasteiger partial charge in [-0.05, 0) is 42.0 Å². The fourth-order valence-electron chi connectivity index (χ4n) is 2.85. The molecule has 0 unspecified atom stereocenters. The van der Waals surface area contributed by atoms with E-state index in [1.807, 2.05) is 60.7 Å². The summed E-state index contributed by atoms with van der Waals surface area (Å²) in [5, 5.41) is 3.03. The lowest BCUT2D eigenvalue weighted by molar-refractivity contribution is -0.115. The molecule has 0 aromatic heterocycles. The van der Waals surface area contributed by atoms with Crippen molar-refractivity contribution in [1.82, 2.24) is 0 Å². The molecule has 0 spiro atoms. The zero-order valence-corrected chi connectivity index (χ0v) is 15.5. The molecule has 1 heterocycles. The Labute approximate surface area is 162 Å². The molecule has 27 heavy (non-hydrogen) atoms. The lowest BCUT2D eigenvalue weighted by Gasteiger charge is -2.18. The normalized spacial score (nSPS) is 12.4. The highest BCUT2D eigenvalue weighted by Crippen LogP contribution is 2.34. The van der Waals surface area contributed by atoms with Crippen molar-refractivity contribution in [2.75, 3.05) is 18.5 Å². The largest absolute Gasteiger partial charge is 0.486 e. The highest BCUT2D eigenvalue weighted by atomic mass is 32.2. The second kappa shape index (κ2) is 8.18. The molecule has 3 aromatic carbocycles. The Morgan fingerprint density at radius 2 is 1.63 bits per heavy atom. The van der Waals surface area contributed by atoms with Crippen LogP contribution in [0.15, 0.2) is 82.6 Å². The van der Waals surface area contributed by atoms with Crippen LogP contribution in [0.25, 0.3) is 0 Å². The minimum absolute atomic E-state index is 0.0622. The summed E-state index contributed by atoms with van der Waals surface area (Å²) in [7, 11) is 0. The standard InChI is InChI=1S/C22H19NO3S/c24-22(15-16-10-11-19-20(14-16)26-13-12-25-19)23-18-8-4-5-9-21(18)27-17-6-2-1-3-7-17/h1-11,14H,12-13,15H2,(H,23,24). The van der Waals surface area contributed by atoms with Crippen molar-refractivity contribution < 1.29 is 14.3 Å². The van der Waals surface area contributed by atoms with Gasteiger partial charge in [-0.15, -0.1) is 0 Å². The number of hydrogen-bond acceptors (Lipinski definition) is 4. The summed E-state index contributed by atoms with van der Waals surface area (Å²) in [6.45, 7) is 1.09. The minimum atomic E-state index is -0.0622. The molecule has 0 bridgehead atoms. The van der Waals surface area contributed by atoms with Crippen molar-refractivity contribution in [1.29, 1.82) is 0 Å². The molecule has 1 aliphatic heterocycles. The molecule has 136 valence electrons. The molecule has 0 radical (unpaired) electrons. The smallest absolute Gasteiger partial charge is 0.228 e. The van der Waals surface area contributed by atoms with E-state index < -0.39 is 0 Å². The minimum Gasteiger partial charge on any atom is -0.486 e. The number of para-hydroxylation sites is 1. The van der Waals surface area contributed by atoms with E-state index in [9.17, 15) is 4.79 Å². The van der Waals surface area contributed by atoms with Crippen LogP contribution in [0.5, 0.6) is 11.5 Å². The lowest BCUT2D eigenvalue weighted by Crippen LogP contribution is -2.17. The van der Waals surface area contributed by atoms with E-state index in [4.69, 9.17) is 9.47 Å². The molecule has 5 heteroatoms. The molecular formula is C22H19NO3S. The number of carbonyl (C=O) groups excluding carboxylic acids is 1. The molecule has 0 saturated heterocycles. The Bertz CT molecular complexity index is 943. The molecule has 0 aliphatic carbocycles. The fourth-order valence-corrected chi connectivity index (χ4v) is 3.77. The second-order valence-electron chi connectivity index (χ2n) is 6.11. The summed E-state index contributed by atoms with van der Waals surface area (Å²) in [6, 6.07) is 23.6. The molecule has 0 atom stereocenters. The third-order valence-electron chi connectivity index (χ3n) is 4.10. The monoisotopic (exact) mass is 377 g/mol. The van der Waals surface area contributed by atoms with E-state index in [0.29, 0.717) is 19.0 Å². The van der Waals surface area contributed by atoms with Gasteiger partial charge in [-0.1, -0.05) is 48.2 Å². The van der Waals surface area contributed by atoms with Gasteiger partial charge in [-0.25, -0.2) is 0 Å². The highest BCUT2D eigenvalue weighted by molar-refractivity contribution is 7.99. The van der Waals surface area contributed by atoms with E-state index in [0.717, 1.165) is 26.8 Å². The number of hydrogen-bond donors (Lipinski definition) is 1. The van der Waals surface area contributed by atoms with Crippen molar-refractivity contribution in [3.05, 3.63) is 78.4 Å². The first-order valence-electron chi connectivity index (χ1n) is 8.78. The van der Waals surface area contributed by atoms with Crippen molar-refractivity contribution in [3.8, 4) is 11.5 Å². The van der Waals surface area contributed by atoms with Crippen molar-refractivity contribution in [2.24, 2.45) is 0 Å². The third kappa shape index (κ3) is 4.44. The zero-order valence-electron chi connectivity index (χ0n) is 14.7. The van der Waals surface area contributed by atoms with Crippen LogP contribution >= 0.6 is 11.8 Å². The Morgan fingerprint density at radius 3 is 2.48 bits per heavy atom. The maximum Gasteiger partial charge on any atom is 0.228 e. The average molecular weight is 377 g/mol. The van der Waals surface area contributed by atoms with Crippen LogP contribution < -0.4 is 14.8 Å². The number of anilines is 1. The molecule has 3 aromatic rings. The number of carbonyl (C=O) groups is 1. The second-order valence-corrected chi connectivity index (χ2v) is 7.23. The van der Waals surface area contributed by atoms with Crippen LogP contribution in [0.3, 0.4) is 0 Å². The van der Waals surface area contributed by atoms with E-state index in [2.05, 4.69) is 17.4 Å². The predicted molar refractivity (Wildman–Crippen MR) is 107 cm³/mol. The summed E-state index contributed by atoms with van der Waals surface area (Å²) < 4.78 is 11.1. The fraction of sp³-hybridized carbons (Fsp3) is 0.136. The molecule has 1 N–H and O–H groups in total. The first kappa shape index (κ1) is 17.5. The summed E-state index contributed by atoms with van der Waals surface area (Å²) in [6.07, 6.45) is 0.279. The summed E-state index contributed by atoms with van der Waals surface area (Å²) in [5.74, 6) is 1.37. The van der Waals surface area contributed by atoms with Gasteiger partial charge in [-0.3, -0.25) is 4.79 Å². The molecule has 1 aliphatic rings. The van der Waals surface area contributed by atoms with Crippen molar-refractivity contribution >= 4 is 23.4 Å². The Hall–Kier alpha value is -2.92. The average Bonchev–Trinajstić information content (AvgIpc) is 2.70. The van der Waals surface area contributed by atoms with Gasteiger partial charge in [-0.2, -0.15) is 0 Å². The van der Waals surface area contributed by atoms with Gasteiger partial charge in [0.25, 0.3) is 0 Å². The van der Waals surface area contributed by atoms with Crippen LogP contribution in [0.2, 0.25) is 0 Å². The van der Waals surface area contributed by atoms with E-state index in [1.54, 1.807) is 11.8 Å². The molecule has 4 rings (SSSR count). The molecule has 0 saturated carbocycles. The zero-order chi connectivity index (χ0) is 18.5. The predicted octanol–water partition coefficient (Wildman–Crippen LogP) is 4.79. The van der Waals surface area contributed by atoms with Crippen LogP contribution in [0.4, 0.5) is 5.69 Å². The van der Waals surface area contributed by atoms with Gasteiger partial charge in [0.05, 0.1) is 12.1 Å². The lowest BCUT2D eigenvalue weighted by atomic mass is 10.1. The van der Waals surface area contributed by atoms with Crippen LogP contribution in [0.1, 0.15) is 5.56 Å². The van der Waals surface area contributed by atoms with Gasteiger partial charge < -0.3 is 14.8 Å². The SMILES string of the molecule is O=C(Cc1ccc2c(c1)OCCO2)Nc1ccccc1Sc1ccccc1. The van der Waals surface area contributed by atoms with Crippen molar-refractivity contribution in [3.63, 3.8) is 0 Å². The van der Waals surface area contributed by atoms with Gasteiger partial charge in [0.15, 0.2) is 11.5 Å². The number of benzene rings is 3. The van der Waals surface area contributed by atoms with Crippen LogP contribution in [0, 0.1) is 0 Å². The maximum absolute atomic E-state index is 12.6. The topological polar surface area (TPSA) is 47.6 Å². The van der Waals surface area contributed by atoms with Gasteiger partial charge in [0.1, 0.15) is 13.2 Å². The summed E-state index contributed by atoms with van der Waals surface area (Å²) in [5.41, 5.74) is 1.71. The molecular weight excluding hydrogens is 358 g/mol. The maximum atomic E-state index is 12.6. The Kier molecular flexibility index (Phi) is 5.30. The Morgan fingerprint density at radius 1 is 0.889 bits per heavy atom. The van der Waals surface area contributed by atoms with Gasteiger partial charge in [0, 0.05) is 9.79 Å². The molecule has 1 amide bonds. The third-order valence-corrected chi connectivity index (χ3v) is 5.19. The number of amides is 1. The van der Waals surface area contributed by atoms with Crippen LogP contribution in [-0.2, 0) is 11.2 Å². The number of nitrogens with one attached hydrogen (secondary N) is 1. The first-order valence-corrected chi connectivity index (χ1v) is 9.60. The van der Waals surface area contributed by atoms with Gasteiger partial charge in [0.2, 0.25) is 5.91 Å². The number of fused-ring (bicyclic) bond motifs is 1. The van der Waals surface area contributed by atoms with Gasteiger partial charge >= 0.3 is 0 Å². The highest BCUT2D eigenvalue weighted by Gasteiger charge is 2.14. The number of rotatable bonds is 5. The van der Waals surface area contributed by atoms with E-state index >= 15 is 0 Å². The van der Waals surface area contributed by atoms with Crippen molar-refractivity contribution in [2.45, 2.75) is 16.2 Å². The quantitative estimate of drug-likeness (QED) is 0.694. The van der Waals surface area contributed by atoms with Crippen LogP contribution in [-0.4, -0.2) is 19.1 Å². The Balaban J connectivity index is 1.45. The first-order chi connectivity index (χ1) is 13.3. The summed E-state index contributed by atoms with van der Waals surface area (Å²) in [4.78, 5) is 14.7. The van der Waals surface area contributed by atoms with E-state index in [-0.39, 0.29) is 12.3 Å².